The molecule has 3 fully saturated rings. The van der Waals surface area contributed by atoms with E-state index in [2.05, 4.69) is 15.7 Å². The number of hydrogen-bond donors (Lipinski definition) is 2. The van der Waals surface area contributed by atoms with Crippen LogP contribution >= 0.6 is 0 Å². The number of aromatic hydroxyl groups is 1. The van der Waals surface area contributed by atoms with Crippen molar-refractivity contribution >= 4 is 52.1 Å². The molecule has 4 amide bonds. The number of allylic oxidation sites excluding steroid dienone is 2. The third kappa shape index (κ3) is 6.10. The summed E-state index contributed by atoms with van der Waals surface area (Å²) in [5.41, 5.74) is 9.70. The Morgan fingerprint density at radius 1 is 0.733 bits per heavy atom. The number of phenols is 1. The average molecular weight is 799 g/mol. The molecule has 60 heavy (non-hydrogen) atoms. The highest BCUT2D eigenvalue weighted by atomic mass is 16.3. The fraction of sp³-hybridized carbons (Fsp3) is 0.265. The minimum atomic E-state index is -1.40. The number of hydrazine groups is 1. The minimum absolute atomic E-state index is 0.156. The Kier molecular flexibility index (Phi) is 9.49. The summed E-state index contributed by atoms with van der Waals surface area (Å²) in [6.45, 7) is 5.61. The number of carbonyl (C=O) groups excluding carboxylic acids is 4. The highest BCUT2D eigenvalue weighted by molar-refractivity contribution is 6.22. The van der Waals surface area contributed by atoms with Gasteiger partial charge in [0.2, 0.25) is 11.8 Å². The van der Waals surface area contributed by atoms with Crippen molar-refractivity contribution in [1.82, 2.24) is 5.01 Å². The smallest absolute Gasteiger partial charge is 0.260 e. The van der Waals surface area contributed by atoms with E-state index in [1.165, 1.54) is 4.90 Å². The minimum Gasteiger partial charge on any atom is -0.507 e. The van der Waals surface area contributed by atoms with Gasteiger partial charge in [0.25, 0.3) is 11.8 Å². The molecule has 0 aromatic heterocycles. The molecule has 0 bridgehead atoms. The molecule has 5 aromatic carbocycles. The van der Waals surface area contributed by atoms with Gasteiger partial charge in [0, 0.05) is 25.7 Å². The van der Waals surface area contributed by atoms with Gasteiger partial charge >= 0.3 is 0 Å². The van der Waals surface area contributed by atoms with Gasteiger partial charge in [-0.2, -0.15) is 15.2 Å². The van der Waals surface area contributed by atoms with Crippen molar-refractivity contribution in [1.29, 1.82) is 0 Å². The fourth-order valence-corrected chi connectivity index (χ4v) is 10.1. The standard InChI is InChI=1S/C49H46N6O5/c1-28-11-13-35(14-12-28)52-55-46(58)41-27-40-38(43(31-25-29(2)44(56)30(3)26-31)49(41,48(55)60)32-9-7-6-8-10-32)23-24-39-42(40)47(59)54(45(39)57)37-21-17-34(18-22-37)51-50-33-15-19-36(20-16-33)53(4)5/h6-23,25-26,39-43,52,56H,24,27H2,1-5H3. The van der Waals surface area contributed by atoms with E-state index in [1.807, 2.05) is 137 Å². The van der Waals surface area contributed by atoms with E-state index in [-0.39, 0.29) is 24.0 Å². The van der Waals surface area contributed by atoms with E-state index in [4.69, 9.17) is 0 Å². The summed E-state index contributed by atoms with van der Waals surface area (Å²) in [6, 6.07) is 35.3. The molecule has 11 nitrogen and oxygen atoms in total. The molecule has 5 aromatic rings. The third-order valence-electron chi connectivity index (χ3n) is 13.0. The van der Waals surface area contributed by atoms with Gasteiger partial charge in [-0.05, 0) is 122 Å². The molecule has 302 valence electrons. The predicted molar refractivity (Wildman–Crippen MR) is 230 cm³/mol. The summed E-state index contributed by atoms with van der Waals surface area (Å²) >= 11 is 0. The summed E-state index contributed by atoms with van der Waals surface area (Å²) in [6.07, 6.45) is 2.53. The zero-order chi connectivity index (χ0) is 42.0. The van der Waals surface area contributed by atoms with Gasteiger partial charge in [-0.15, -0.1) is 0 Å². The first kappa shape index (κ1) is 38.6. The van der Waals surface area contributed by atoms with Crippen LogP contribution in [0.5, 0.6) is 5.75 Å². The molecule has 1 saturated carbocycles. The average Bonchev–Trinajstić information content (AvgIpc) is 3.63. The zero-order valence-corrected chi connectivity index (χ0v) is 34.2. The monoisotopic (exact) mass is 798 g/mol. The predicted octanol–water partition coefficient (Wildman–Crippen LogP) is 8.99. The molecule has 11 heteroatoms. The van der Waals surface area contributed by atoms with E-state index < -0.39 is 46.8 Å². The van der Waals surface area contributed by atoms with Gasteiger partial charge in [-0.3, -0.25) is 29.5 Å². The number of fused-ring (bicyclic) bond motifs is 4. The van der Waals surface area contributed by atoms with Crippen LogP contribution in [-0.2, 0) is 24.6 Å². The number of rotatable bonds is 8. The Labute approximate surface area is 349 Å². The van der Waals surface area contributed by atoms with Crippen LogP contribution in [-0.4, -0.2) is 47.8 Å². The molecule has 2 heterocycles. The first-order valence-electron chi connectivity index (χ1n) is 20.3. The van der Waals surface area contributed by atoms with Crippen LogP contribution in [0, 0.1) is 44.4 Å². The lowest BCUT2D eigenvalue weighted by molar-refractivity contribution is -0.138. The highest BCUT2D eigenvalue weighted by Crippen LogP contribution is 2.64. The summed E-state index contributed by atoms with van der Waals surface area (Å²) in [5, 5.41) is 20.9. The first-order chi connectivity index (χ1) is 28.9. The number of aryl methyl sites for hydroxylation is 3. The van der Waals surface area contributed by atoms with Crippen LogP contribution in [0.4, 0.5) is 28.4 Å². The lowest BCUT2D eigenvalue weighted by Gasteiger charge is -2.50. The van der Waals surface area contributed by atoms with Crippen molar-refractivity contribution in [3.63, 3.8) is 0 Å². The summed E-state index contributed by atoms with van der Waals surface area (Å²) < 4.78 is 0. The summed E-state index contributed by atoms with van der Waals surface area (Å²) in [7, 11) is 3.94. The van der Waals surface area contributed by atoms with Crippen molar-refractivity contribution < 1.29 is 24.3 Å². The second-order valence-corrected chi connectivity index (χ2v) is 16.7. The van der Waals surface area contributed by atoms with Gasteiger partial charge in [-0.1, -0.05) is 71.8 Å². The molecule has 2 N–H and O–H groups in total. The third-order valence-corrected chi connectivity index (χ3v) is 13.0. The largest absolute Gasteiger partial charge is 0.507 e. The van der Waals surface area contributed by atoms with Crippen LogP contribution in [0.2, 0.25) is 0 Å². The van der Waals surface area contributed by atoms with E-state index in [1.54, 1.807) is 24.3 Å². The van der Waals surface area contributed by atoms with E-state index >= 15 is 4.79 Å². The van der Waals surface area contributed by atoms with Crippen LogP contribution in [0.1, 0.15) is 46.6 Å². The molecule has 2 saturated heterocycles. The van der Waals surface area contributed by atoms with Crippen LogP contribution < -0.4 is 15.2 Å². The second kappa shape index (κ2) is 14.7. The highest BCUT2D eigenvalue weighted by Gasteiger charge is 2.70. The quantitative estimate of drug-likeness (QED) is 0.0909. The number of imide groups is 2. The number of azo groups is 1. The summed E-state index contributed by atoms with van der Waals surface area (Å²) in [5.74, 6) is -4.73. The number of anilines is 3. The lowest BCUT2D eigenvalue weighted by atomic mass is 9.49. The van der Waals surface area contributed by atoms with E-state index in [9.17, 15) is 19.5 Å². The normalized spacial score (nSPS) is 24.7. The number of carbonyl (C=O) groups is 4. The molecule has 0 spiro atoms. The Morgan fingerprint density at radius 2 is 1.35 bits per heavy atom. The van der Waals surface area contributed by atoms with Crippen molar-refractivity contribution in [2.75, 3.05) is 29.3 Å². The lowest BCUT2D eigenvalue weighted by Crippen LogP contribution is -2.53. The maximum Gasteiger partial charge on any atom is 0.260 e. The number of amides is 4. The first-order valence-corrected chi connectivity index (χ1v) is 20.3. The number of hydrogen-bond acceptors (Lipinski definition) is 9. The van der Waals surface area contributed by atoms with Gasteiger partial charge < -0.3 is 10.0 Å². The molecule has 0 radical (unpaired) electrons. The zero-order valence-electron chi connectivity index (χ0n) is 34.2. The Bertz CT molecular complexity index is 2580. The maximum atomic E-state index is 15.4. The molecule has 6 atom stereocenters. The Hall–Kier alpha value is -6.88. The number of benzene rings is 5. The van der Waals surface area contributed by atoms with Crippen molar-refractivity contribution in [3.8, 4) is 5.75 Å². The number of nitrogens with one attached hydrogen (secondary N) is 1. The molecule has 2 aliphatic heterocycles. The molecule has 2 aliphatic carbocycles. The van der Waals surface area contributed by atoms with Crippen molar-refractivity contribution in [2.45, 2.75) is 44.9 Å². The van der Waals surface area contributed by atoms with Gasteiger partial charge in [0.15, 0.2) is 0 Å². The number of phenolic OH excluding ortho intramolecular Hbond substituents is 1. The second-order valence-electron chi connectivity index (χ2n) is 16.7. The van der Waals surface area contributed by atoms with Gasteiger partial charge in [0.1, 0.15) is 5.75 Å². The topological polar surface area (TPSA) is 135 Å². The maximum absolute atomic E-state index is 15.4. The Morgan fingerprint density at radius 3 is 1.97 bits per heavy atom. The molecule has 4 aliphatic rings. The molecule has 9 rings (SSSR count). The summed E-state index contributed by atoms with van der Waals surface area (Å²) in [4.78, 5) is 62.9. The molecule has 6 unspecified atom stereocenters. The van der Waals surface area contributed by atoms with Crippen LogP contribution in [0.3, 0.4) is 0 Å². The van der Waals surface area contributed by atoms with Crippen LogP contribution in [0.15, 0.2) is 137 Å². The Balaban J connectivity index is 1.11. The fourth-order valence-electron chi connectivity index (χ4n) is 10.1. The van der Waals surface area contributed by atoms with Gasteiger partial charge in [-0.25, -0.2) is 0 Å². The van der Waals surface area contributed by atoms with Gasteiger partial charge in [0.05, 0.1) is 45.9 Å². The van der Waals surface area contributed by atoms with Crippen LogP contribution in [0.25, 0.3) is 0 Å². The SMILES string of the molecule is Cc1ccc(NN2C(=O)C3CC4C(=CCC5C(=O)N(c6ccc(N=Nc7ccc(N(C)C)cc7)cc6)C(=O)C54)C(c4cc(C)c(O)c(C)c4)C3(c3ccccc3)C2=O)cc1. The van der Waals surface area contributed by atoms with E-state index in [0.29, 0.717) is 45.9 Å². The molecular formula is C49H46N6O5. The van der Waals surface area contributed by atoms with Crippen molar-refractivity contribution in [3.05, 3.63) is 155 Å². The van der Waals surface area contributed by atoms with Crippen molar-refractivity contribution in [2.24, 2.45) is 33.9 Å². The van der Waals surface area contributed by atoms with E-state index in [0.717, 1.165) is 27.4 Å². The molecular weight excluding hydrogens is 753 g/mol. The number of nitrogens with zero attached hydrogens (tertiary/aromatic N) is 5.